The van der Waals surface area contributed by atoms with E-state index < -0.39 is 0 Å². The van der Waals surface area contributed by atoms with Crippen LogP contribution in [0.2, 0.25) is 0 Å². The molecule has 1 nitrogen and oxygen atoms in total. The number of hydrogen-bond acceptors (Lipinski definition) is 2. The number of nitrogens with zero attached hydrogens (tertiary/aromatic N) is 1. The largest absolute Gasteiger partial charge is 0.283 e. The molecule has 2 aromatic carbocycles. The SMILES string of the molecule is c1ccc2c(c1)CN1CCc3ccccc3[C@@H]1S2. The summed E-state index contributed by atoms with van der Waals surface area (Å²) in [6.45, 7) is 2.28. The molecule has 1 atom stereocenters. The Hall–Kier alpha value is -1.25. The number of hydrogen-bond donors (Lipinski definition) is 0. The van der Waals surface area contributed by atoms with Gasteiger partial charge in [0.05, 0.1) is 5.37 Å². The van der Waals surface area contributed by atoms with Crippen LogP contribution in [0.15, 0.2) is 53.4 Å². The summed E-state index contributed by atoms with van der Waals surface area (Å²) >= 11 is 2.01. The van der Waals surface area contributed by atoms with Crippen LogP contribution in [0.3, 0.4) is 0 Å². The van der Waals surface area contributed by atoms with Crippen molar-refractivity contribution in [2.24, 2.45) is 0 Å². The molecule has 18 heavy (non-hydrogen) atoms. The molecule has 0 amide bonds. The molecule has 0 unspecified atom stereocenters. The zero-order valence-corrected chi connectivity index (χ0v) is 11.0. The highest BCUT2D eigenvalue weighted by Gasteiger charge is 2.31. The van der Waals surface area contributed by atoms with Crippen molar-refractivity contribution in [1.29, 1.82) is 0 Å². The van der Waals surface area contributed by atoms with Crippen LogP contribution in [0.5, 0.6) is 0 Å². The molecule has 90 valence electrons. The van der Waals surface area contributed by atoms with Gasteiger partial charge in [0.25, 0.3) is 0 Å². The van der Waals surface area contributed by atoms with E-state index in [9.17, 15) is 0 Å². The molecule has 2 heterocycles. The van der Waals surface area contributed by atoms with Crippen LogP contribution in [0.25, 0.3) is 0 Å². The summed E-state index contributed by atoms with van der Waals surface area (Å²) in [7, 11) is 0. The Morgan fingerprint density at radius 3 is 2.67 bits per heavy atom. The van der Waals surface area contributed by atoms with Crippen LogP contribution in [-0.2, 0) is 13.0 Å². The summed E-state index contributed by atoms with van der Waals surface area (Å²) in [6, 6.07) is 17.7. The fraction of sp³-hybridized carbons (Fsp3) is 0.250. The third-order valence-corrected chi connectivity index (χ3v) is 5.33. The lowest BCUT2D eigenvalue weighted by atomic mass is 9.99. The van der Waals surface area contributed by atoms with E-state index in [1.807, 2.05) is 11.8 Å². The quantitative estimate of drug-likeness (QED) is 0.701. The molecule has 0 N–H and O–H groups in total. The lowest BCUT2D eigenvalue weighted by Gasteiger charge is -2.40. The molecule has 0 radical (unpaired) electrons. The van der Waals surface area contributed by atoms with Gasteiger partial charge in [-0.15, -0.1) is 11.8 Å². The van der Waals surface area contributed by atoms with Crippen LogP contribution >= 0.6 is 11.8 Å². The Labute approximate surface area is 112 Å². The lowest BCUT2D eigenvalue weighted by molar-refractivity contribution is 0.231. The lowest BCUT2D eigenvalue weighted by Crippen LogP contribution is -2.35. The van der Waals surface area contributed by atoms with Crippen LogP contribution in [0, 0.1) is 0 Å². The highest BCUT2D eigenvalue weighted by atomic mass is 32.2. The van der Waals surface area contributed by atoms with Crippen LogP contribution in [0.1, 0.15) is 22.1 Å². The molecule has 2 aliphatic heterocycles. The van der Waals surface area contributed by atoms with Gasteiger partial charge in [-0.2, -0.15) is 0 Å². The van der Waals surface area contributed by atoms with Gasteiger partial charge in [0, 0.05) is 18.0 Å². The van der Waals surface area contributed by atoms with Gasteiger partial charge in [-0.25, -0.2) is 0 Å². The predicted octanol–water partition coefficient (Wildman–Crippen LogP) is 3.85. The van der Waals surface area contributed by atoms with Gasteiger partial charge < -0.3 is 0 Å². The molecule has 0 saturated heterocycles. The Bertz CT molecular complexity index is 593. The van der Waals surface area contributed by atoms with Crippen molar-refractivity contribution in [3.8, 4) is 0 Å². The Morgan fingerprint density at radius 2 is 1.72 bits per heavy atom. The summed E-state index contributed by atoms with van der Waals surface area (Å²) in [5.74, 6) is 0. The Balaban J connectivity index is 1.79. The topological polar surface area (TPSA) is 3.24 Å². The minimum Gasteiger partial charge on any atom is -0.283 e. The molecule has 0 fully saturated rings. The molecule has 4 rings (SSSR count). The Kier molecular flexibility index (Phi) is 2.45. The molecule has 0 aromatic heterocycles. The molecule has 2 aliphatic rings. The van der Waals surface area contributed by atoms with Gasteiger partial charge >= 0.3 is 0 Å². The van der Waals surface area contributed by atoms with Crippen molar-refractivity contribution >= 4 is 11.8 Å². The van der Waals surface area contributed by atoms with Gasteiger partial charge in [0.1, 0.15) is 0 Å². The van der Waals surface area contributed by atoms with Crippen molar-refractivity contribution in [3.63, 3.8) is 0 Å². The minimum atomic E-state index is 0.518. The van der Waals surface area contributed by atoms with Crippen molar-refractivity contribution in [2.75, 3.05) is 6.54 Å². The van der Waals surface area contributed by atoms with Crippen molar-refractivity contribution in [3.05, 3.63) is 65.2 Å². The van der Waals surface area contributed by atoms with Crippen LogP contribution in [-0.4, -0.2) is 11.4 Å². The first-order chi connectivity index (χ1) is 8.92. The second-order valence-electron chi connectivity index (χ2n) is 5.00. The molecular formula is C16H15NS. The van der Waals surface area contributed by atoms with Gasteiger partial charge in [0.2, 0.25) is 0 Å². The number of thioether (sulfide) groups is 1. The second-order valence-corrected chi connectivity index (χ2v) is 6.12. The summed E-state index contributed by atoms with van der Waals surface area (Å²) in [6.07, 6.45) is 1.19. The van der Waals surface area contributed by atoms with Gasteiger partial charge in [-0.3, -0.25) is 4.90 Å². The maximum Gasteiger partial charge on any atom is 0.0866 e. The first-order valence-corrected chi connectivity index (χ1v) is 7.36. The van der Waals surface area contributed by atoms with Crippen molar-refractivity contribution in [1.82, 2.24) is 4.90 Å². The van der Waals surface area contributed by atoms with E-state index in [0.717, 1.165) is 6.54 Å². The van der Waals surface area contributed by atoms with Gasteiger partial charge in [0.15, 0.2) is 0 Å². The molecule has 0 aliphatic carbocycles. The Morgan fingerprint density at radius 1 is 0.944 bits per heavy atom. The fourth-order valence-corrected chi connectivity index (χ4v) is 4.34. The van der Waals surface area contributed by atoms with E-state index in [1.54, 1.807) is 0 Å². The highest BCUT2D eigenvalue weighted by Crippen LogP contribution is 2.47. The molecule has 0 saturated carbocycles. The van der Waals surface area contributed by atoms with Crippen molar-refractivity contribution < 1.29 is 0 Å². The van der Waals surface area contributed by atoms with Gasteiger partial charge in [-0.1, -0.05) is 42.5 Å². The van der Waals surface area contributed by atoms with Crippen LogP contribution in [0.4, 0.5) is 0 Å². The van der Waals surface area contributed by atoms with Crippen LogP contribution < -0.4 is 0 Å². The average molecular weight is 253 g/mol. The summed E-state index contributed by atoms with van der Waals surface area (Å²) in [5.41, 5.74) is 4.53. The average Bonchev–Trinajstić information content (AvgIpc) is 2.45. The van der Waals surface area contributed by atoms with E-state index in [-0.39, 0.29) is 0 Å². The molecule has 0 bridgehead atoms. The highest BCUT2D eigenvalue weighted by molar-refractivity contribution is 7.99. The van der Waals surface area contributed by atoms with E-state index in [2.05, 4.69) is 53.4 Å². The normalized spacial score (nSPS) is 21.9. The molecule has 0 spiro atoms. The molecule has 2 aromatic rings. The predicted molar refractivity (Wildman–Crippen MR) is 75.6 cm³/mol. The minimum absolute atomic E-state index is 0.518. The third kappa shape index (κ3) is 1.60. The van der Waals surface area contributed by atoms with E-state index in [1.165, 1.54) is 34.6 Å². The van der Waals surface area contributed by atoms with Crippen molar-refractivity contribution in [2.45, 2.75) is 23.2 Å². The summed E-state index contributed by atoms with van der Waals surface area (Å²) in [5, 5.41) is 0.518. The standard InChI is InChI=1S/C16H15NS/c1-3-7-14-12(5-1)9-10-17-11-13-6-2-4-8-15(13)18-16(14)17/h1-8,16H,9-11H2/t16-/m0/s1. The first-order valence-electron chi connectivity index (χ1n) is 6.48. The monoisotopic (exact) mass is 253 g/mol. The second kappa shape index (κ2) is 4.15. The summed E-state index contributed by atoms with van der Waals surface area (Å²) in [4.78, 5) is 4.06. The maximum atomic E-state index is 2.61. The smallest absolute Gasteiger partial charge is 0.0866 e. The zero-order valence-electron chi connectivity index (χ0n) is 10.2. The number of benzene rings is 2. The molecule has 2 heteroatoms. The zero-order chi connectivity index (χ0) is 11.9. The maximum absolute atomic E-state index is 2.61. The first kappa shape index (κ1) is 10.7. The van der Waals surface area contributed by atoms with Gasteiger partial charge in [-0.05, 0) is 29.2 Å². The third-order valence-electron chi connectivity index (χ3n) is 3.91. The fourth-order valence-electron chi connectivity index (χ4n) is 2.97. The van der Waals surface area contributed by atoms with E-state index in [4.69, 9.17) is 0 Å². The van der Waals surface area contributed by atoms with E-state index in [0.29, 0.717) is 5.37 Å². The van der Waals surface area contributed by atoms with E-state index >= 15 is 0 Å². The number of fused-ring (bicyclic) bond motifs is 4. The number of rotatable bonds is 0. The summed E-state index contributed by atoms with van der Waals surface area (Å²) < 4.78 is 0. The molecular weight excluding hydrogens is 238 g/mol.